The number of aromatic amines is 1. The number of imidazole rings is 1. The van der Waals surface area contributed by atoms with Crippen molar-refractivity contribution in [2.45, 2.75) is 13.3 Å². The Morgan fingerprint density at radius 3 is 2.46 bits per heavy atom. The molecule has 1 aliphatic rings. The Labute approximate surface area is 139 Å². The first-order valence-electron chi connectivity index (χ1n) is 7.32. The standard InChI is InChI=1S/C9H8N2.C9H10O4/c1-2-4-8(5-3-1)9-10-6-7-11-9;1-9(8(12)13)4-2-3-6(5-9)7(10)11/h1-7H,(H,10,11);2-4H,5H2,1H3,(H,10,11)(H,12,13). The molecule has 0 fully saturated rings. The second-order valence-corrected chi connectivity index (χ2v) is 5.56. The first-order chi connectivity index (χ1) is 11.4. The third-order valence-electron chi connectivity index (χ3n) is 3.63. The lowest BCUT2D eigenvalue weighted by atomic mass is 9.80. The van der Waals surface area contributed by atoms with Gasteiger partial charge in [-0.2, -0.15) is 0 Å². The highest BCUT2D eigenvalue weighted by Crippen LogP contribution is 2.31. The number of nitrogens with zero attached hydrogens (tertiary/aromatic N) is 1. The van der Waals surface area contributed by atoms with Crippen LogP contribution >= 0.6 is 0 Å². The molecule has 2 aromatic rings. The molecular formula is C18H18N2O4. The van der Waals surface area contributed by atoms with Crippen LogP contribution in [0.15, 0.2) is 66.5 Å². The summed E-state index contributed by atoms with van der Waals surface area (Å²) in [6.45, 7) is 1.50. The fourth-order valence-electron chi connectivity index (χ4n) is 2.20. The lowest BCUT2D eigenvalue weighted by Crippen LogP contribution is -2.28. The smallest absolute Gasteiger partial charge is 0.331 e. The van der Waals surface area contributed by atoms with Gasteiger partial charge in [0.2, 0.25) is 0 Å². The molecule has 3 N–H and O–H groups in total. The summed E-state index contributed by atoms with van der Waals surface area (Å²) in [5.74, 6) is -1.14. The SMILES string of the molecule is CC1(C(=O)O)C=CC=C(C(=O)O)C1.c1ccc(-c2ncc[nH]2)cc1. The van der Waals surface area contributed by atoms with Crippen molar-refractivity contribution in [3.63, 3.8) is 0 Å². The van der Waals surface area contributed by atoms with Crippen molar-refractivity contribution < 1.29 is 19.8 Å². The van der Waals surface area contributed by atoms with Gasteiger partial charge in [-0.15, -0.1) is 0 Å². The van der Waals surface area contributed by atoms with E-state index in [4.69, 9.17) is 10.2 Å². The average Bonchev–Trinajstić information content (AvgIpc) is 3.11. The number of rotatable bonds is 3. The van der Waals surface area contributed by atoms with Gasteiger partial charge in [0.1, 0.15) is 5.82 Å². The molecule has 1 heterocycles. The largest absolute Gasteiger partial charge is 0.481 e. The molecular weight excluding hydrogens is 308 g/mol. The Bertz CT molecular complexity index is 764. The predicted octanol–water partition coefficient (Wildman–Crippen LogP) is 3.12. The van der Waals surface area contributed by atoms with Crippen molar-refractivity contribution in [1.82, 2.24) is 9.97 Å². The Morgan fingerprint density at radius 2 is 1.92 bits per heavy atom. The predicted molar refractivity (Wildman–Crippen MR) is 89.2 cm³/mol. The third-order valence-corrected chi connectivity index (χ3v) is 3.63. The molecule has 3 rings (SSSR count). The van der Waals surface area contributed by atoms with E-state index in [-0.39, 0.29) is 12.0 Å². The number of H-pyrrole nitrogens is 1. The van der Waals surface area contributed by atoms with Crippen LogP contribution in [0.4, 0.5) is 0 Å². The van der Waals surface area contributed by atoms with E-state index in [0.29, 0.717) is 0 Å². The number of carbonyl (C=O) groups is 2. The van der Waals surface area contributed by atoms with Crippen LogP contribution in [0.2, 0.25) is 0 Å². The number of allylic oxidation sites excluding steroid dienone is 2. The average molecular weight is 326 g/mol. The highest BCUT2D eigenvalue weighted by molar-refractivity contribution is 5.90. The van der Waals surface area contributed by atoms with Gasteiger partial charge in [0, 0.05) is 23.5 Å². The van der Waals surface area contributed by atoms with Gasteiger partial charge in [0.15, 0.2) is 0 Å². The van der Waals surface area contributed by atoms with Crippen molar-refractivity contribution >= 4 is 11.9 Å². The van der Waals surface area contributed by atoms with E-state index in [2.05, 4.69) is 9.97 Å². The molecule has 24 heavy (non-hydrogen) atoms. The van der Waals surface area contributed by atoms with E-state index in [1.165, 1.54) is 25.2 Å². The second kappa shape index (κ2) is 7.41. The van der Waals surface area contributed by atoms with Gasteiger partial charge < -0.3 is 15.2 Å². The number of hydrogen-bond acceptors (Lipinski definition) is 3. The van der Waals surface area contributed by atoms with Crippen molar-refractivity contribution in [1.29, 1.82) is 0 Å². The minimum atomic E-state index is -1.08. The molecule has 1 unspecified atom stereocenters. The molecule has 1 atom stereocenters. The van der Waals surface area contributed by atoms with Crippen LogP contribution in [0.5, 0.6) is 0 Å². The minimum Gasteiger partial charge on any atom is -0.481 e. The Morgan fingerprint density at radius 1 is 1.21 bits per heavy atom. The summed E-state index contributed by atoms with van der Waals surface area (Å²) in [6.07, 6.45) is 8.01. The molecule has 1 aliphatic carbocycles. The number of benzene rings is 1. The van der Waals surface area contributed by atoms with Crippen LogP contribution in [0.25, 0.3) is 11.4 Å². The van der Waals surface area contributed by atoms with E-state index >= 15 is 0 Å². The minimum absolute atomic E-state index is 0.0359. The molecule has 1 aromatic carbocycles. The number of aromatic nitrogens is 2. The molecule has 1 aromatic heterocycles. The normalized spacial score (nSPS) is 19.0. The quantitative estimate of drug-likeness (QED) is 0.804. The summed E-state index contributed by atoms with van der Waals surface area (Å²) in [4.78, 5) is 28.5. The number of hydrogen-bond donors (Lipinski definition) is 3. The Balaban J connectivity index is 0.000000175. The maximum atomic E-state index is 10.8. The summed E-state index contributed by atoms with van der Waals surface area (Å²) < 4.78 is 0. The van der Waals surface area contributed by atoms with Gasteiger partial charge in [0.25, 0.3) is 0 Å². The van der Waals surface area contributed by atoms with Crippen molar-refractivity contribution in [3.8, 4) is 11.4 Å². The summed E-state index contributed by atoms with van der Waals surface area (Å²) in [5, 5.41) is 17.5. The zero-order valence-electron chi connectivity index (χ0n) is 13.1. The molecule has 6 nitrogen and oxygen atoms in total. The molecule has 0 amide bonds. The number of carboxylic acids is 2. The fraction of sp³-hybridized carbons (Fsp3) is 0.167. The van der Waals surface area contributed by atoms with Crippen molar-refractivity contribution in [2.24, 2.45) is 5.41 Å². The number of carboxylic acid groups (broad SMARTS) is 2. The lowest BCUT2D eigenvalue weighted by Gasteiger charge is -2.23. The van der Waals surface area contributed by atoms with Crippen LogP contribution < -0.4 is 0 Å². The summed E-state index contributed by atoms with van der Waals surface area (Å²) >= 11 is 0. The number of aliphatic carboxylic acids is 2. The van der Waals surface area contributed by atoms with Gasteiger partial charge in [0.05, 0.1) is 5.41 Å². The molecule has 0 saturated carbocycles. The van der Waals surface area contributed by atoms with Crippen LogP contribution in [-0.2, 0) is 9.59 Å². The fourth-order valence-corrected chi connectivity index (χ4v) is 2.20. The summed E-state index contributed by atoms with van der Waals surface area (Å²) in [7, 11) is 0. The summed E-state index contributed by atoms with van der Waals surface area (Å²) in [5.41, 5.74) is 0.174. The van der Waals surface area contributed by atoms with Crippen LogP contribution in [0.3, 0.4) is 0 Å². The molecule has 124 valence electrons. The maximum Gasteiger partial charge on any atom is 0.331 e. The van der Waals surface area contributed by atoms with E-state index in [0.717, 1.165) is 11.4 Å². The molecule has 0 bridgehead atoms. The molecule has 0 saturated heterocycles. The van der Waals surface area contributed by atoms with E-state index < -0.39 is 17.4 Å². The lowest BCUT2D eigenvalue weighted by molar-refractivity contribution is -0.145. The first kappa shape index (κ1) is 17.2. The van der Waals surface area contributed by atoms with E-state index in [9.17, 15) is 9.59 Å². The Hall–Kier alpha value is -3.15. The highest BCUT2D eigenvalue weighted by Gasteiger charge is 2.34. The highest BCUT2D eigenvalue weighted by atomic mass is 16.4. The molecule has 0 radical (unpaired) electrons. The zero-order valence-corrected chi connectivity index (χ0v) is 13.1. The topological polar surface area (TPSA) is 103 Å². The molecule has 0 spiro atoms. The van der Waals surface area contributed by atoms with Crippen molar-refractivity contribution in [2.75, 3.05) is 0 Å². The molecule has 0 aliphatic heterocycles. The van der Waals surface area contributed by atoms with E-state index in [1.807, 2.05) is 36.5 Å². The van der Waals surface area contributed by atoms with Crippen molar-refractivity contribution in [3.05, 3.63) is 66.5 Å². The second-order valence-electron chi connectivity index (χ2n) is 5.56. The van der Waals surface area contributed by atoms with Gasteiger partial charge in [-0.25, -0.2) is 9.78 Å². The van der Waals surface area contributed by atoms with E-state index in [1.54, 1.807) is 6.20 Å². The number of nitrogens with one attached hydrogen (secondary N) is 1. The van der Waals surface area contributed by atoms with Gasteiger partial charge >= 0.3 is 11.9 Å². The third kappa shape index (κ3) is 4.19. The summed E-state index contributed by atoms with van der Waals surface area (Å²) in [6, 6.07) is 10.0. The van der Waals surface area contributed by atoms with Crippen LogP contribution in [0.1, 0.15) is 13.3 Å². The first-order valence-corrected chi connectivity index (χ1v) is 7.32. The molecule has 6 heteroatoms. The van der Waals surface area contributed by atoms with Gasteiger partial charge in [-0.05, 0) is 13.3 Å². The van der Waals surface area contributed by atoms with Crippen LogP contribution in [0, 0.1) is 5.41 Å². The van der Waals surface area contributed by atoms with Crippen LogP contribution in [-0.4, -0.2) is 32.1 Å². The van der Waals surface area contributed by atoms with Gasteiger partial charge in [-0.3, -0.25) is 4.79 Å². The monoisotopic (exact) mass is 326 g/mol. The van der Waals surface area contributed by atoms with Gasteiger partial charge in [-0.1, -0.05) is 48.6 Å². The maximum absolute atomic E-state index is 10.8. The Kier molecular flexibility index (Phi) is 5.31. The zero-order chi connectivity index (χ0) is 17.6.